The monoisotopic (exact) mass is 377 g/mol. The van der Waals surface area contributed by atoms with Crippen molar-refractivity contribution in [2.24, 2.45) is 0 Å². The van der Waals surface area contributed by atoms with E-state index in [0.29, 0.717) is 5.75 Å². The predicted octanol–water partition coefficient (Wildman–Crippen LogP) is 3.54. The van der Waals surface area contributed by atoms with Crippen molar-refractivity contribution in [3.8, 4) is 17.1 Å². The molecule has 2 aromatic heterocycles. The minimum atomic E-state index is 0.605. The Hall–Kier alpha value is -3.00. The van der Waals surface area contributed by atoms with Gasteiger partial charge in [-0.15, -0.1) is 15.3 Å². The lowest BCUT2D eigenvalue weighted by Gasteiger charge is -2.08. The molecular formula is C19H19N7S. The number of para-hydroxylation sites is 1. The van der Waals surface area contributed by atoms with Gasteiger partial charge >= 0.3 is 0 Å². The van der Waals surface area contributed by atoms with Crippen LogP contribution in [0.3, 0.4) is 0 Å². The molecule has 0 aliphatic carbocycles. The highest BCUT2D eigenvalue weighted by atomic mass is 32.2. The number of hydrogen-bond donors (Lipinski definition) is 0. The molecule has 0 aliphatic heterocycles. The maximum atomic E-state index is 4.41. The van der Waals surface area contributed by atoms with Crippen molar-refractivity contribution in [3.63, 3.8) is 0 Å². The van der Waals surface area contributed by atoms with Crippen molar-refractivity contribution in [1.29, 1.82) is 0 Å². The fraction of sp³-hybridized carbons (Fsp3) is 0.211. The second-order valence-corrected chi connectivity index (χ2v) is 6.99. The lowest BCUT2D eigenvalue weighted by molar-refractivity contribution is 0.686. The van der Waals surface area contributed by atoms with Gasteiger partial charge in [0.2, 0.25) is 0 Å². The van der Waals surface area contributed by atoms with E-state index in [1.54, 1.807) is 16.4 Å². The van der Waals surface area contributed by atoms with Crippen LogP contribution in [0.4, 0.5) is 0 Å². The van der Waals surface area contributed by atoms with Crippen LogP contribution < -0.4 is 0 Å². The normalized spacial score (nSPS) is 11.0. The van der Waals surface area contributed by atoms with E-state index in [-0.39, 0.29) is 0 Å². The van der Waals surface area contributed by atoms with Gasteiger partial charge in [-0.1, -0.05) is 53.7 Å². The van der Waals surface area contributed by atoms with E-state index in [1.165, 1.54) is 5.56 Å². The van der Waals surface area contributed by atoms with Crippen molar-refractivity contribution >= 4 is 11.8 Å². The minimum absolute atomic E-state index is 0.605. The number of tetrazole rings is 1. The zero-order valence-electron chi connectivity index (χ0n) is 15.1. The van der Waals surface area contributed by atoms with E-state index in [9.17, 15) is 0 Å². The van der Waals surface area contributed by atoms with Crippen molar-refractivity contribution in [2.45, 2.75) is 31.3 Å². The second-order valence-electron chi connectivity index (χ2n) is 6.05. The van der Waals surface area contributed by atoms with Crippen LogP contribution in [0, 0.1) is 6.92 Å². The minimum Gasteiger partial charge on any atom is -0.302 e. The van der Waals surface area contributed by atoms with Gasteiger partial charge in [0, 0.05) is 12.1 Å². The largest absolute Gasteiger partial charge is 0.302 e. The summed E-state index contributed by atoms with van der Waals surface area (Å²) in [6.07, 6.45) is 0. The SMILES string of the molecule is CCn1c(SCc2nnnn2-c2ccccc2)nnc1-c1cccc(C)c1. The van der Waals surface area contributed by atoms with Crippen LogP contribution in [0.2, 0.25) is 0 Å². The van der Waals surface area contributed by atoms with Crippen molar-refractivity contribution in [1.82, 2.24) is 35.0 Å². The number of hydrogen-bond acceptors (Lipinski definition) is 6. The molecule has 136 valence electrons. The van der Waals surface area contributed by atoms with Gasteiger partial charge in [0.15, 0.2) is 16.8 Å². The van der Waals surface area contributed by atoms with E-state index in [4.69, 9.17) is 0 Å². The smallest absolute Gasteiger partial charge is 0.191 e. The molecule has 8 heteroatoms. The summed E-state index contributed by atoms with van der Waals surface area (Å²) in [6, 6.07) is 18.2. The van der Waals surface area contributed by atoms with Crippen LogP contribution in [0.1, 0.15) is 18.3 Å². The van der Waals surface area contributed by atoms with E-state index in [0.717, 1.165) is 34.6 Å². The van der Waals surface area contributed by atoms with Crippen LogP contribution in [0.5, 0.6) is 0 Å². The summed E-state index contributed by atoms with van der Waals surface area (Å²) >= 11 is 1.58. The summed E-state index contributed by atoms with van der Waals surface area (Å²) in [5, 5.41) is 21.8. The summed E-state index contributed by atoms with van der Waals surface area (Å²) in [5.74, 6) is 2.26. The van der Waals surface area contributed by atoms with E-state index in [2.05, 4.69) is 62.3 Å². The molecule has 0 fully saturated rings. The molecule has 0 aliphatic rings. The molecule has 0 atom stereocenters. The third kappa shape index (κ3) is 3.61. The predicted molar refractivity (Wildman–Crippen MR) is 105 cm³/mol. The highest BCUT2D eigenvalue weighted by molar-refractivity contribution is 7.98. The Kier molecular flexibility index (Phi) is 4.97. The topological polar surface area (TPSA) is 74.3 Å². The van der Waals surface area contributed by atoms with Gasteiger partial charge in [0.05, 0.1) is 11.4 Å². The molecule has 4 aromatic rings. The Labute approximate surface area is 161 Å². The standard InChI is InChI=1S/C19H19N7S/c1-3-25-18(15-9-7-8-14(2)12-15)21-22-19(25)27-13-17-20-23-24-26(17)16-10-5-4-6-11-16/h4-12H,3,13H2,1-2H3. The van der Waals surface area contributed by atoms with Crippen LogP contribution in [0.25, 0.3) is 17.1 Å². The van der Waals surface area contributed by atoms with Gasteiger partial charge in [0.1, 0.15) is 0 Å². The van der Waals surface area contributed by atoms with Gasteiger partial charge in [-0.25, -0.2) is 0 Å². The average molecular weight is 377 g/mol. The maximum absolute atomic E-state index is 4.41. The molecule has 0 unspecified atom stereocenters. The number of rotatable bonds is 6. The van der Waals surface area contributed by atoms with Gasteiger partial charge in [-0.2, -0.15) is 4.68 Å². The summed E-state index contributed by atoms with van der Waals surface area (Å²) in [7, 11) is 0. The van der Waals surface area contributed by atoms with E-state index >= 15 is 0 Å². The first-order chi connectivity index (χ1) is 13.3. The van der Waals surface area contributed by atoms with Gasteiger partial charge in [-0.3, -0.25) is 0 Å². The first-order valence-electron chi connectivity index (χ1n) is 8.72. The van der Waals surface area contributed by atoms with E-state index < -0.39 is 0 Å². The number of benzene rings is 2. The zero-order chi connectivity index (χ0) is 18.6. The molecule has 2 heterocycles. The number of nitrogens with zero attached hydrogens (tertiary/aromatic N) is 7. The lowest BCUT2D eigenvalue weighted by Crippen LogP contribution is -2.03. The number of thioether (sulfide) groups is 1. The molecule has 0 amide bonds. The highest BCUT2D eigenvalue weighted by Gasteiger charge is 2.15. The molecule has 0 N–H and O–H groups in total. The highest BCUT2D eigenvalue weighted by Crippen LogP contribution is 2.26. The third-order valence-corrected chi connectivity index (χ3v) is 5.14. The lowest BCUT2D eigenvalue weighted by atomic mass is 10.1. The quantitative estimate of drug-likeness (QED) is 0.479. The molecular weight excluding hydrogens is 358 g/mol. The summed E-state index contributed by atoms with van der Waals surface area (Å²) in [5.41, 5.74) is 3.22. The summed E-state index contributed by atoms with van der Waals surface area (Å²) < 4.78 is 3.87. The van der Waals surface area contributed by atoms with E-state index in [1.807, 2.05) is 36.4 Å². The molecule has 4 rings (SSSR count). The van der Waals surface area contributed by atoms with Gasteiger partial charge in [-0.05, 0) is 42.5 Å². The van der Waals surface area contributed by atoms with Crippen molar-refractivity contribution in [2.75, 3.05) is 0 Å². The molecule has 27 heavy (non-hydrogen) atoms. The van der Waals surface area contributed by atoms with Gasteiger partial charge in [0.25, 0.3) is 0 Å². The Morgan fingerprint density at radius 3 is 2.59 bits per heavy atom. The fourth-order valence-electron chi connectivity index (χ4n) is 2.87. The molecule has 0 saturated heterocycles. The Morgan fingerprint density at radius 2 is 1.81 bits per heavy atom. The number of aromatic nitrogens is 7. The Morgan fingerprint density at radius 1 is 0.963 bits per heavy atom. The van der Waals surface area contributed by atoms with Crippen LogP contribution in [-0.2, 0) is 12.3 Å². The Balaban J connectivity index is 1.58. The zero-order valence-corrected chi connectivity index (χ0v) is 16.0. The maximum Gasteiger partial charge on any atom is 0.191 e. The molecule has 0 bridgehead atoms. The molecule has 2 aromatic carbocycles. The van der Waals surface area contributed by atoms with Crippen LogP contribution in [0.15, 0.2) is 59.8 Å². The molecule has 0 saturated carbocycles. The van der Waals surface area contributed by atoms with Crippen LogP contribution >= 0.6 is 11.8 Å². The third-order valence-electron chi connectivity index (χ3n) is 4.17. The van der Waals surface area contributed by atoms with Crippen LogP contribution in [-0.4, -0.2) is 35.0 Å². The second kappa shape index (κ2) is 7.71. The van der Waals surface area contributed by atoms with Crippen molar-refractivity contribution < 1.29 is 0 Å². The summed E-state index contributed by atoms with van der Waals surface area (Å²) in [4.78, 5) is 0. The first-order valence-corrected chi connectivity index (χ1v) is 9.70. The fourth-order valence-corrected chi connectivity index (χ4v) is 3.78. The van der Waals surface area contributed by atoms with Gasteiger partial charge < -0.3 is 4.57 Å². The Bertz CT molecular complexity index is 1040. The molecule has 0 spiro atoms. The summed E-state index contributed by atoms with van der Waals surface area (Å²) in [6.45, 7) is 4.97. The molecule has 0 radical (unpaired) electrons. The first kappa shape index (κ1) is 17.4. The average Bonchev–Trinajstić information content (AvgIpc) is 3.33. The number of aryl methyl sites for hydroxylation is 1. The van der Waals surface area contributed by atoms with Crippen molar-refractivity contribution in [3.05, 3.63) is 66.0 Å². The molecule has 7 nitrogen and oxygen atoms in total.